The van der Waals surface area contributed by atoms with Gasteiger partial charge in [0, 0.05) is 10.6 Å². The van der Waals surface area contributed by atoms with E-state index in [1.165, 1.54) is 10.9 Å². The summed E-state index contributed by atoms with van der Waals surface area (Å²) in [5, 5.41) is 4.49. The number of nitrogens with one attached hydrogen (secondary N) is 1. The van der Waals surface area contributed by atoms with Gasteiger partial charge in [-0.1, -0.05) is 0 Å². The quantitative estimate of drug-likeness (QED) is 0.889. The Labute approximate surface area is 111 Å². The molecular weight excluding hydrogens is 247 g/mol. The van der Waals surface area contributed by atoms with Gasteiger partial charge in [0.1, 0.15) is 5.82 Å². The number of hydrogen-bond donors (Lipinski definition) is 1. The number of aryl methyl sites for hydroxylation is 3. The lowest BCUT2D eigenvalue weighted by Crippen LogP contribution is -2.07. The van der Waals surface area contributed by atoms with Crippen LogP contribution in [0.1, 0.15) is 34.1 Å². The summed E-state index contributed by atoms with van der Waals surface area (Å²) in [5.74, 6) is -0.199. The minimum absolute atomic E-state index is 0.181. The molecule has 0 aliphatic carbocycles. The molecule has 0 bridgehead atoms. The summed E-state index contributed by atoms with van der Waals surface area (Å²) in [4.78, 5) is 5.66. The molecule has 2 nitrogen and oxygen atoms in total. The Hall–Kier alpha value is -1.42. The number of thiazole rings is 1. The zero-order valence-electron chi connectivity index (χ0n) is 11.0. The Bertz CT molecular complexity index is 563. The van der Waals surface area contributed by atoms with Gasteiger partial charge in [-0.15, -0.1) is 11.3 Å². The van der Waals surface area contributed by atoms with Crippen LogP contribution in [0.25, 0.3) is 0 Å². The Kier molecular flexibility index (Phi) is 3.66. The van der Waals surface area contributed by atoms with Gasteiger partial charge in [0.05, 0.1) is 16.7 Å². The molecule has 1 atom stereocenters. The van der Waals surface area contributed by atoms with Gasteiger partial charge < -0.3 is 5.32 Å². The molecule has 0 aliphatic rings. The zero-order chi connectivity index (χ0) is 13.3. The molecule has 0 amide bonds. The summed E-state index contributed by atoms with van der Waals surface area (Å²) < 4.78 is 13.0. The maximum Gasteiger partial charge on any atom is 0.123 e. The molecule has 0 fully saturated rings. The van der Waals surface area contributed by atoms with Crippen LogP contribution in [0.3, 0.4) is 0 Å². The summed E-state index contributed by atoms with van der Waals surface area (Å²) in [7, 11) is 0. The number of halogens is 1. The summed E-state index contributed by atoms with van der Waals surface area (Å²) in [6, 6.07) is 4.98. The molecule has 1 unspecified atom stereocenters. The van der Waals surface area contributed by atoms with Crippen LogP contribution >= 0.6 is 11.3 Å². The third kappa shape index (κ3) is 2.70. The Morgan fingerprint density at radius 1 is 1.28 bits per heavy atom. The monoisotopic (exact) mass is 264 g/mol. The van der Waals surface area contributed by atoms with E-state index in [-0.39, 0.29) is 11.9 Å². The molecule has 4 heteroatoms. The van der Waals surface area contributed by atoms with Crippen molar-refractivity contribution in [1.29, 1.82) is 0 Å². The van der Waals surface area contributed by atoms with E-state index < -0.39 is 0 Å². The van der Waals surface area contributed by atoms with Crippen LogP contribution in [0.2, 0.25) is 0 Å². The second-order valence-electron chi connectivity index (χ2n) is 4.51. The first-order chi connectivity index (χ1) is 8.47. The largest absolute Gasteiger partial charge is 0.377 e. The van der Waals surface area contributed by atoms with E-state index in [4.69, 9.17) is 0 Å². The van der Waals surface area contributed by atoms with Crippen molar-refractivity contribution in [3.8, 4) is 0 Å². The predicted octanol–water partition coefficient (Wildman–Crippen LogP) is 4.38. The van der Waals surface area contributed by atoms with E-state index in [1.54, 1.807) is 23.5 Å². The predicted molar refractivity (Wildman–Crippen MR) is 74.8 cm³/mol. The van der Waals surface area contributed by atoms with Crippen molar-refractivity contribution in [3.63, 3.8) is 0 Å². The lowest BCUT2D eigenvalue weighted by Gasteiger charge is -2.16. The molecule has 0 saturated heterocycles. The maximum absolute atomic E-state index is 13.0. The standard InChI is InChI=1S/C14H17FN2S/c1-8-7-12(15)5-6-13(8)17-10(3)14-9(2)16-11(4)18-14/h5-7,10,17H,1-4H3. The van der Waals surface area contributed by atoms with Gasteiger partial charge >= 0.3 is 0 Å². The molecule has 1 heterocycles. The van der Waals surface area contributed by atoms with Gasteiger partial charge in [-0.2, -0.15) is 0 Å². The average Bonchev–Trinajstić information content (AvgIpc) is 2.62. The second kappa shape index (κ2) is 5.06. The molecular formula is C14H17FN2S. The van der Waals surface area contributed by atoms with Crippen LogP contribution in [0.5, 0.6) is 0 Å². The van der Waals surface area contributed by atoms with Gasteiger partial charge in [0.2, 0.25) is 0 Å². The van der Waals surface area contributed by atoms with Gasteiger partial charge in [-0.25, -0.2) is 9.37 Å². The van der Waals surface area contributed by atoms with Crippen molar-refractivity contribution in [2.75, 3.05) is 5.32 Å². The van der Waals surface area contributed by atoms with Crippen LogP contribution in [0, 0.1) is 26.6 Å². The van der Waals surface area contributed by atoms with Crippen molar-refractivity contribution < 1.29 is 4.39 Å². The average molecular weight is 264 g/mol. The first-order valence-corrected chi connectivity index (χ1v) is 6.75. The first-order valence-electron chi connectivity index (χ1n) is 5.94. The molecule has 0 aliphatic heterocycles. The summed E-state index contributed by atoms with van der Waals surface area (Å²) in [5.41, 5.74) is 2.95. The zero-order valence-corrected chi connectivity index (χ0v) is 11.9. The number of benzene rings is 1. The summed E-state index contributed by atoms with van der Waals surface area (Å²) >= 11 is 1.70. The van der Waals surface area contributed by atoms with Crippen LogP contribution in [0.4, 0.5) is 10.1 Å². The highest BCUT2D eigenvalue weighted by Crippen LogP contribution is 2.28. The number of rotatable bonds is 3. The molecule has 96 valence electrons. The Morgan fingerprint density at radius 3 is 2.56 bits per heavy atom. The number of nitrogens with zero attached hydrogens (tertiary/aromatic N) is 1. The third-order valence-electron chi connectivity index (χ3n) is 2.89. The highest BCUT2D eigenvalue weighted by Gasteiger charge is 2.13. The molecule has 0 saturated carbocycles. The van der Waals surface area contributed by atoms with Crippen molar-refractivity contribution in [1.82, 2.24) is 4.98 Å². The first kappa shape index (κ1) is 13.0. The molecule has 1 N–H and O–H groups in total. The van der Waals surface area contributed by atoms with Crippen molar-refractivity contribution in [3.05, 3.63) is 45.2 Å². The highest BCUT2D eigenvalue weighted by molar-refractivity contribution is 7.11. The smallest absolute Gasteiger partial charge is 0.123 e. The summed E-state index contributed by atoms with van der Waals surface area (Å²) in [6.45, 7) is 8.04. The van der Waals surface area contributed by atoms with Gasteiger partial charge in [-0.3, -0.25) is 0 Å². The molecule has 1 aromatic heterocycles. The van der Waals surface area contributed by atoms with E-state index in [0.717, 1.165) is 22.0 Å². The van der Waals surface area contributed by atoms with E-state index in [9.17, 15) is 4.39 Å². The van der Waals surface area contributed by atoms with Crippen LogP contribution in [-0.4, -0.2) is 4.98 Å². The lowest BCUT2D eigenvalue weighted by atomic mass is 10.1. The van der Waals surface area contributed by atoms with Crippen molar-refractivity contribution in [2.45, 2.75) is 33.7 Å². The topological polar surface area (TPSA) is 24.9 Å². The van der Waals surface area contributed by atoms with Crippen LogP contribution in [0.15, 0.2) is 18.2 Å². The lowest BCUT2D eigenvalue weighted by molar-refractivity contribution is 0.626. The normalized spacial score (nSPS) is 12.5. The van der Waals surface area contributed by atoms with Crippen molar-refractivity contribution >= 4 is 17.0 Å². The fraction of sp³-hybridized carbons (Fsp3) is 0.357. The van der Waals surface area contributed by atoms with E-state index >= 15 is 0 Å². The molecule has 0 radical (unpaired) electrons. The highest BCUT2D eigenvalue weighted by atomic mass is 32.1. The van der Waals surface area contributed by atoms with Gasteiger partial charge in [0.25, 0.3) is 0 Å². The van der Waals surface area contributed by atoms with Gasteiger partial charge in [0.15, 0.2) is 0 Å². The van der Waals surface area contributed by atoms with Gasteiger partial charge in [-0.05, 0) is 51.5 Å². The van der Waals surface area contributed by atoms with E-state index in [0.29, 0.717) is 0 Å². The molecule has 0 spiro atoms. The van der Waals surface area contributed by atoms with Crippen LogP contribution < -0.4 is 5.32 Å². The van der Waals surface area contributed by atoms with E-state index in [2.05, 4.69) is 17.2 Å². The minimum Gasteiger partial charge on any atom is -0.377 e. The SMILES string of the molecule is Cc1nc(C)c(C(C)Nc2ccc(F)cc2C)s1. The fourth-order valence-electron chi connectivity index (χ4n) is 2.04. The molecule has 1 aromatic carbocycles. The molecule has 2 aromatic rings. The second-order valence-corrected chi connectivity index (χ2v) is 5.74. The Morgan fingerprint density at radius 2 is 2.00 bits per heavy atom. The van der Waals surface area contributed by atoms with Crippen molar-refractivity contribution in [2.24, 2.45) is 0 Å². The maximum atomic E-state index is 13.0. The fourth-order valence-corrected chi connectivity index (χ4v) is 2.97. The third-order valence-corrected chi connectivity index (χ3v) is 4.15. The van der Waals surface area contributed by atoms with Crippen LogP contribution in [-0.2, 0) is 0 Å². The summed E-state index contributed by atoms with van der Waals surface area (Å²) in [6.07, 6.45) is 0. The number of anilines is 1. The number of aromatic nitrogens is 1. The minimum atomic E-state index is -0.199. The molecule has 18 heavy (non-hydrogen) atoms. The van der Waals surface area contributed by atoms with E-state index in [1.807, 2.05) is 20.8 Å². The number of hydrogen-bond acceptors (Lipinski definition) is 3. The Balaban J connectivity index is 2.21. The molecule has 2 rings (SSSR count).